The van der Waals surface area contributed by atoms with Gasteiger partial charge in [-0.2, -0.15) is 0 Å². The second kappa shape index (κ2) is 5.53. The Morgan fingerprint density at radius 2 is 2.32 bits per heavy atom. The normalized spacial score (nSPS) is 13.2. The lowest BCUT2D eigenvalue weighted by Gasteiger charge is -2.19. The van der Waals surface area contributed by atoms with E-state index < -0.39 is 4.92 Å². The summed E-state index contributed by atoms with van der Waals surface area (Å²) in [5, 5.41) is 16.5. The summed E-state index contributed by atoms with van der Waals surface area (Å²) in [6, 6.07) is 2.81. The van der Waals surface area contributed by atoms with Gasteiger partial charge in [-0.3, -0.25) is 14.9 Å². The first-order valence-electron chi connectivity index (χ1n) is 5.81. The molecular weight excluding hydrogens is 252 g/mol. The van der Waals surface area contributed by atoms with Gasteiger partial charge in [-0.25, -0.2) is 0 Å². The number of nitro groups is 1. The van der Waals surface area contributed by atoms with Crippen LogP contribution in [0.4, 0.5) is 17.1 Å². The number of hydrogen-bond donors (Lipinski definition) is 3. The number of nitrogens with zero attached hydrogens (tertiary/aromatic N) is 1. The Balaban J connectivity index is 2.31. The number of benzene rings is 1. The van der Waals surface area contributed by atoms with Gasteiger partial charge in [0.25, 0.3) is 11.6 Å². The fourth-order valence-electron chi connectivity index (χ4n) is 1.73. The number of ether oxygens (including phenoxy) is 1. The van der Waals surface area contributed by atoms with Crippen molar-refractivity contribution < 1.29 is 14.5 Å². The van der Waals surface area contributed by atoms with E-state index in [4.69, 9.17) is 10.5 Å². The quantitative estimate of drug-likeness (QED) is 0.409. The summed E-state index contributed by atoms with van der Waals surface area (Å²) >= 11 is 0. The summed E-state index contributed by atoms with van der Waals surface area (Å²) in [5.41, 5.74) is 6.04. The summed E-state index contributed by atoms with van der Waals surface area (Å²) in [5.74, 6) is 0.0185. The number of rotatable bonds is 5. The monoisotopic (exact) mass is 266 g/mol. The van der Waals surface area contributed by atoms with Gasteiger partial charge in [0.2, 0.25) is 0 Å². The van der Waals surface area contributed by atoms with Crippen LogP contribution in [-0.4, -0.2) is 30.5 Å². The lowest BCUT2D eigenvalue weighted by Crippen LogP contribution is -2.25. The van der Waals surface area contributed by atoms with E-state index in [0.717, 1.165) is 0 Å². The lowest BCUT2D eigenvalue weighted by atomic mass is 10.2. The molecule has 1 amide bonds. The van der Waals surface area contributed by atoms with Crippen LogP contribution in [0.1, 0.15) is 6.42 Å². The van der Waals surface area contributed by atoms with Crippen molar-refractivity contribution in [3.8, 4) is 5.75 Å². The molecule has 1 aliphatic heterocycles. The standard InChI is InChI=1S/C11H14N4O4/c12-2-1-3-13-7-4-8-10(5-9(7)15(17)18)19-6-11(16)14-8/h4-5,13H,1-3,6,12H2,(H,14,16). The zero-order chi connectivity index (χ0) is 13.8. The van der Waals surface area contributed by atoms with Crippen LogP contribution < -0.4 is 21.1 Å². The molecular formula is C11H14N4O4. The molecule has 0 bridgehead atoms. The summed E-state index contributed by atoms with van der Waals surface area (Å²) in [6.07, 6.45) is 0.692. The molecule has 8 heteroatoms. The molecule has 0 radical (unpaired) electrons. The highest BCUT2D eigenvalue weighted by atomic mass is 16.6. The third kappa shape index (κ3) is 2.91. The van der Waals surface area contributed by atoms with Gasteiger partial charge in [-0.1, -0.05) is 0 Å². The molecule has 0 atom stereocenters. The zero-order valence-corrected chi connectivity index (χ0v) is 10.1. The highest BCUT2D eigenvalue weighted by molar-refractivity contribution is 5.96. The van der Waals surface area contributed by atoms with Gasteiger partial charge in [0.15, 0.2) is 12.4 Å². The number of amides is 1. The van der Waals surface area contributed by atoms with Crippen molar-refractivity contribution in [3.05, 3.63) is 22.2 Å². The molecule has 0 unspecified atom stereocenters. The number of nitrogens with two attached hydrogens (primary N) is 1. The molecule has 0 saturated heterocycles. The maximum absolute atomic E-state index is 11.2. The van der Waals surface area contributed by atoms with Crippen molar-refractivity contribution >= 4 is 23.0 Å². The molecule has 102 valence electrons. The number of fused-ring (bicyclic) bond motifs is 1. The van der Waals surface area contributed by atoms with E-state index in [0.29, 0.717) is 36.6 Å². The fraction of sp³-hybridized carbons (Fsp3) is 0.364. The maximum Gasteiger partial charge on any atom is 0.296 e. The van der Waals surface area contributed by atoms with Crippen LogP contribution in [0.15, 0.2) is 12.1 Å². The van der Waals surface area contributed by atoms with E-state index in [-0.39, 0.29) is 18.2 Å². The van der Waals surface area contributed by atoms with Gasteiger partial charge in [-0.05, 0) is 19.0 Å². The molecule has 19 heavy (non-hydrogen) atoms. The van der Waals surface area contributed by atoms with Crippen LogP contribution in [0.3, 0.4) is 0 Å². The van der Waals surface area contributed by atoms with Crippen LogP contribution >= 0.6 is 0 Å². The minimum absolute atomic E-state index is 0.0908. The molecule has 1 aromatic rings. The Labute approximate surface area is 109 Å². The second-order valence-corrected chi connectivity index (χ2v) is 4.03. The highest BCUT2D eigenvalue weighted by Gasteiger charge is 2.23. The maximum atomic E-state index is 11.2. The van der Waals surface area contributed by atoms with Crippen molar-refractivity contribution in [2.45, 2.75) is 6.42 Å². The van der Waals surface area contributed by atoms with Crippen LogP contribution in [0.5, 0.6) is 5.75 Å². The summed E-state index contributed by atoms with van der Waals surface area (Å²) in [6.45, 7) is 0.876. The molecule has 0 aliphatic carbocycles. The predicted octanol–water partition coefficient (Wildman–Crippen LogP) is 0.686. The number of anilines is 2. The van der Waals surface area contributed by atoms with Crippen molar-refractivity contribution in [1.82, 2.24) is 0 Å². The van der Waals surface area contributed by atoms with Gasteiger partial charge in [0.1, 0.15) is 5.69 Å². The molecule has 0 fully saturated rings. The van der Waals surface area contributed by atoms with Crippen LogP contribution in [0.2, 0.25) is 0 Å². The first kappa shape index (κ1) is 13.1. The molecule has 4 N–H and O–H groups in total. The summed E-state index contributed by atoms with van der Waals surface area (Å²) in [7, 11) is 0. The first-order chi connectivity index (χ1) is 9.11. The van der Waals surface area contributed by atoms with Gasteiger partial charge in [-0.15, -0.1) is 0 Å². The van der Waals surface area contributed by atoms with Gasteiger partial charge in [0.05, 0.1) is 16.7 Å². The molecule has 8 nitrogen and oxygen atoms in total. The minimum Gasteiger partial charge on any atom is -0.481 e. The third-order valence-electron chi connectivity index (χ3n) is 2.62. The Bertz CT molecular complexity index is 518. The van der Waals surface area contributed by atoms with E-state index in [1.165, 1.54) is 12.1 Å². The SMILES string of the molecule is NCCCNc1cc2c(cc1[N+](=O)[O-])OCC(=O)N2. The number of hydrogen-bond acceptors (Lipinski definition) is 6. The molecule has 1 aliphatic rings. The van der Waals surface area contributed by atoms with Crippen molar-refractivity contribution in [2.24, 2.45) is 5.73 Å². The Morgan fingerprint density at radius 3 is 3.00 bits per heavy atom. The van der Waals surface area contributed by atoms with E-state index in [9.17, 15) is 14.9 Å². The van der Waals surface area contributed by atoms with Crippen LogP contribution in [0.25, 0.3) is 0 Å². The van der Waals surface area contributed by atoms with Gasteiger partial charge >= 0.3 is 0 Å². The Kier molecular flexibility index (Phi) is 3.81. The summed E-state index contributed by atoms with van der Waals surface area (Å²) in [4.78, 5) is 21.7. The van der Waals surface area contributed by atoms with E-state index >= 15 is 0 Å². The topological polar surface area (TPSA) is 120 Å². The average molecular weight is 266 g/mol. The molecule has 1 heterocycles. The molecule has 2 rings (SSSR count). The van der Waals surface area contributed by atoms with Gasteiger partial charge < -0.3 is 21.1 Å². The number of carbonyl (C=O) groups excluding carboxylic acids is 1. The van der Waals surface area contributed by atoms with Gasteiger partial charge in [0, 0.05) is 6.54 Å². The highest BCUT2D eigenvalue weighted by Crippen LogP contribution is 2.37. The molecule has 0 saturated carbocycles. The van der Waals surface area contributed by atoms with Crippen molar-refractivity contribution in [2.75, 3.05) is 30.3 Å². The van der Waals surface area contributed by atoms with E-state index in [1.807, 2.05) is 0 Å². The largest absolute Gasteiger partial charge is 0.481 e. The number of carbonyl (C=O) groups is 1. The molecule has 0 spiro atoms. The molecule has 1 aromatic carbocycles. The Morgan fingerprint density at radius 1 is 1.53 bits per heavy atom. The lowest BCUT2D eigenvalue weighted by molar-refractivity contribution is -0.384. The predicted molar refractivity (Wildman–Crippen MR) is 69.4 cm³/mol. The number of nitro benzene ring substituents is 1. The average Bonchev–Trinajstić information content (AvgIpc) is 2.37. The molecule has 0 aromatic heterocycles. The number of nitrogens with one attached hydrogen (secondary N) is 2. The first-order valence-corrected chi connectivity index (χ1v) is 5.81. The van der Waals surface area contributed by atoms with Crippen LogP contribution in [-0.2, 0) is 4.79 Å². The smallest absolute Gasteiger partial charge is 0.296 e. The third-order valence-corrected chi connectivity index (χ3v) is 2.62. The zero-order valence-electron chi connectivity index (χ0n) is 10.1. The van der Waals surface area contributed by atoms with E-state index in [2.05, 4.69) is 10.6 Å². The second-order valence-electron chi connectivity index (χ2n) is 4.03. The van der Waals surface area contributed by atoms with Crippen LogP contribution in [0, 0.1) is 10.1 Å². The van der Waals surface area contributed by atoms with Crippen molar-refractivity contribution in [3.63, 3.8) is 0 Å². The Hall–Kier alpha value is -2.35. The minimum atomic E-state index is -0.495. The van der Waals surface area contributed by atoms with E-state index in [1.54, 1.807) is 0 Å². The summed E-state index contributed by atoms with van der Waals surface area (Å²) < 4.78 is 5.14. The fourth-order valence-corrected chi connectivity index (χ4v) is 1.73. The van der Waals surface area contributed by atoms with Crippen molar-refractivity contribution in [1.29, 1.82) is 0 Å².